The molecule has 118 valence electrons. The summed E-state index contributed by atoms with van der Waals surface area (Å²) in [4.78, 5) is 18.8. The monoisotopic (exact) mass is 379 g/mol. The van der Waals surface area contributed by atoms with Crippen molar-refractivity contribution in [2.45, 2.75) is 12.3 Å². The summed E-state index contributed by atoms with van der Waals surface area (Å²) in [7, 11) is 1.82. The Kier molecular flexibility index (Phi) is 2.80. The third kappa shape index (κ3) is 1.79. The van der Waals surface area contributed by atoms with Crippen LogP contribution in [0.3, 0.4) is 0 Å². The number of halogens is 1. The predicted molar refractivity (Wildman–Crippen MR) is 98.2 cm³/mol. The number of aromatic nitrogens is 1. The second-order valence-corrected chi connectivity index (χ2v) is 7.19. The van der Waals surface area contributed by atoms with E-state index in [4.69, 9.17) is 4.99 Å². The molecule has 3 heterocycles. The number of para-hydroxylation sites is 2. The van der Waals surface area contributed by atoms with Crippen LogP contribution < -0.4 is 0 Å². The van der Waals surface area contributed by atoms with Gasteiger partial charge in [-0.1, -0.05) is 34.1 Å². The van der Waals surface area contributed by atoms with E-state index in [0.717, 1.165) is 32.9 Å². The number of hydrogen-bond acceptors (Lipinski definition) is 2. The number of hydrogen-bond donors (Lipinski definition) is 0. The number of fused-ring (bicyclic) bond motifs is 7. The minimum absolute atomic E-state index is 0.000996. The minimum atomic E-state index is 0.000996. The SMILES string of the molecule is CN1C(=O)CC2C1=Nc1ccccc1-n1c2cc2ccc(Br)cc21. The van der Waals surface area contributed by atoms with Gasteiger partial charge in [-0.25, -0.2) is 4.99 Å². The summed E-state index contributed by atoms with van der Waals surface area (Å²) >= 11 is 3.58. The first-order chi connectivity index (χ1) is 11.6. The van der Waals surface area contributed by atoms with Crippen molar-refractivity contribution in [3.8, 4) is 5.69 Å². The molecule has 5 rings (SSSR count). The number of likely N-dealkylation sites (tertiary alicyclic amines) is 1. The maximum atomic E-state index is 12.3. The Morgan fingerprint density at radius 3 is 2.88 bits per heavy atom. The van der Waals surface area contributed by atoms with E-state index in [1.807, 2.05) is 25.2 Å². The molecule has 2 aromatic carbocycles. The lowest BCUT2D eigenvalue weighted by Crippen LogP contribution is -2.25. The summed E-state index contributed by atoms with van der Waals surface area (Å²) in [6.07, 6.45) is 0.473. The van der Waals surface area contributed by atoms with Crippen molar-refractivity contribution in [3.63, 3.8) is 0 Å². The Balaban J connectivity index is 1.92. The lowest BCUT2D eigenvalue weighted by molar-refractivity contribution is -0.124. The maximum absolute atomic E-state index is 12.3. The highest BCUT2D eigenvalue weighted by molar-refractivity contribution is 9.10. The molecule has 1 unspecified atom stereocenters. The van der Waals surface area contributed by atoms with Gasteiger partial charge >= 0.3 is 0 Å². The molecule has 0 bridgehead atoms. The van der Waals surface area contributed by atoms with E-state index in [-0.39, 0.29) is 11.8 Å². The molecule has 0 spiro atoms. The lowest BCUT2D eigenvalue weighted by Gasteiger charge is -2.13. The zero-order valence-corrected chi connectivity index (χ0v) is 14.6. The molecule has 1 aromatic heterocycles. The van der Waals surface area contributed by atoms with Gasteiger partial charge in [0.2, 0.25) is 5.91 Å². The Morgan fingerprint density at radius 2 is 2.00 bits per heavy atom. The van der Waals surface area contributed by atoms with Gasteiger partial charge < -0.3 is 9.47 Å². The highest BCUT2D eigenvalue weighted by atomic mass is 79.9. The van der Waals surface area contributed by atoms with Crippen molar-refractivity contribution in [2.24, 2.45) is 4.99 Å². The van der Waals surface area contributed by atoms with Gasteiger partial charge in [-0.3, -0.25) is 4.79 Å². The number of likely N-dealkylation sites (N-methyl/N-ethyl adjacent to an activating group) is 1. The standard InChI is InChI=1S/C19H14BrN3O/c1-22-18(24)10-13-17-8-11-6-7-12(20)9-16(11)23(17)15-5-3-2-4-14(15)21-19(13)22/h2-9,13H,10H2,1H3. The molecule has 0 saturated carbocycles. The summed E-state index contributed by atoms with van der Waals surface area (Å²) < 4.78 is 3.29. The van der Waals surface area contributed by atoms with Crippen LogP contribution in [0.4, 0.5) is 5.69 Å². The van der Waals surface area contributed by atoms with Gasteiger partial charge in [0.05, 0.1) is 22.8 Å². The van der Waals surface area contributed by atoms with Crippen LogP contribution in [0.1, 0.15) is 18.0 Å². The number of aliphatic imine (C=N–C) groups is 1. The number of amidine groups is 1. The zero-order valence-electron chi connectivity index (χ0n) is 13.0. The molecule has 1 fully saturated rings. The Morgan fingerprint density at radius 1 is 1.17 bits per heavy atom. The van der Waals surface area contributed by atoms with Gasteiger partial charge in [-0.05, 0) is 30.3 Å². The molecule has 1 saturated heterocycles. The summed E-state index contributed by atoms with van der Waals surface area (Å²) in [5.74, 6) is 0.963. The van der Waals surface area contributed by atoms with E-state index in [1.54, 1.807) is 4.90 Å². The fourth-order valence-corrected chi connectivity index (χ4v) is 4.10. The number of nitrogens with zero attached hydrogens (tertiary/aromatic N) is 3. The van der Waals surface area contributed by atoms with Crippen LogP contribution in [0, 0.1) is 0 Å². The van der Waals surface area contributed by atoms with Crippen molar-refractivity contribution in [1.82, 2.24) is 9.47 Å². The molecular weight excluding hydrogens is 366 g/mol. The second-order valence-electron chi connectivity index (χ2n) is 6.28. The van der Waals surface area contributed by atoms with Crippen LogP contribution >= 0.6 is 15.9 Å². The highest BCUT2D eigenvalue weighted by Gasteiger charge is 2.39. The van der Waals surface area contributed by atoms with Gasteiger partial charge in [0.1, 0.15) is 5.84 Å². The van der Waals surface area contributed by atoms with E-state index >= 15 is 0 Å². The van der Waals surface area contributed by atoms with Gasteiger partial charge in [0.15, 0.2) is 0 Å². The fraction of sp³-hybridized carbons (Fsp3) is 0.158. The molecule has 4 nitrogen and oxygen atoms in total. The van der Waals surface area contributed by atoms with Crippen molar-refractivity contribution in [2.75, 3.05) is 7.05 Å². The summed E-state index contributed by atoms with van der Waals surface area (Å²) in [5.41, 5.74) is 4.22. The van der Waals surface area contributed by atoms with Crippen molar-refractivity contribution < 1.29 is 4.79 Å². The summed E-state index contributed by atoms with van der Waals surface area (Å²) in [6, 6.07) is 16.6. The third-order valence-corrected chi connectivity index (χ3v) is 5.41. The quantitative estimate of drug-likeness (QED) is 0.570. The first-order valence-corrected chi connectivity index (χ1v) is 8.68. The first-order valence-electron chi connectivity index (χ1n) is 7.89. The van der Waals surface area contributed by atoms with Crippen LogP contribution in [-0.4, -0.2) is 28.3 Å². The number of benzene rings is 2. The molecule has 0 aliphatic carbocycles. The van der Waals surface area contributed by atoms with Crippen LogP contribution in [-0.2, 0) is 4.79 Å². The summed E-state index contributed by atoms with van der Waals surface area (Å²) in [5, 5.41) is 1.17. The maximum Gasteiger partial charge on any atom is 0.228 e. The normalized spacial score (nSPS) is 18.9. The molecule has 1 atom stereocenters. The smallest absolute Gasteiger partial charge is 0.228 e. The summed E-state index contributed by atoms with van der Waals surface area (Å²) in [6.45, 7) is 0. The third-order valence-electron chi connectivity index (χ3n) is 4.92. The van der Waals surface area contributed by atoms with Crippen molar-refractivity contribution in [1.29, 1.82) is 0 Å². The predicted octanol–water partition coefficient (Wildman–Crippen LogP) is 4.38. The van der Waals surface area contributed by atoms with Gasteiger partial charge in [-0.2, -0.15) is 0 Å². The first kappa shape index (κ1) is 14.0. The molecule has 1 amide bonds. The van der Waals surface area contributed by atoms with E-state index in [0.29, 0.717) is 6.42 Å². The molecule has 0 N–H and O–H groups in total. The van der Waals surface area contributed by atoms with Gasteiger partial charge in [0.25, 0.3) is 0 Å². The fourth-order valence-electron chi connectivity index (χ4n) is 3.75. The Bertz CT molecular complexity index is 1050. The van der Waals surface area contributed by atoms with E-state index < -0.39 is 0 Å². The van der Waals surface area contributed by atoms with Crippen LogP contribution in [0.2, 0.25) is 0 Å². The van der Waals surface area contributed by atoms with E-state index in [9.17, 15) is 4.79 Å². The molecular formula is C19H14BrN3O. The molecule has 5 heteroatoms. The lowest BCUT2D eigenvalue weighted by atomic mass is 10.0. The highest BCUT2D eigenvalue weighted by Crippen LogP contribution is 2.42. The molecule has 2 aliphatic rings. The van der Waals surface area contributed by atoms with Crippen molar-refractivity contribution in [3.05, 3.63) is 58.7 Å². The molecule has 2 aliphatic heterocycles. The average molecular weight is 380 g/mol. The Labute approximate surface area is 147 Å². The van der Waals surface area contributed by atoms with Crippen LogP contribution in [0.25, 0.3) is 16.6 Å². The number of carbonyl (C=O) groups excluding carboxylic acids is 1. The number of amides is 1. The van der Waals surface area contributed by atoms with Crippen LogP contribution in [0.15, 0.2) is 58.0 Å². The topological polar surface area (TPSA) is 37.6 Å². The van der Waals surface area contributed by atoms with E-state index in [1.165, 1.54) is 5.39 Å². The largest absolute Gasteiger partial charge is 0.311 e. The van der Waals surface area contributed by atoms with Gasteiger partial charge in [-0.15, -0.1) is 0 Å². The molecule has 24 heavy (non-hydrogen) atoms. The van der Waals surface area contributed by atoms with Crippen molar-refractivity contribution >= 4 is 44.3 Å². The molecule has 0 radical (unpaired) electrons. The van der Waals surface area contributed by atoms with Crippen LogP contribution in [0.5, 0.6) is 0 Å². The number of rotatable bonds is 0. The average Bonchev–Trinajstić information content (AvgIpc) is 3.03. The van der Waals surface area contributed by atoms with Gasteiger partial charge in [0, 0.05) is 29.0 Å². The Hall–Kier alpha value is -2.40. The van der Waals surface area contributed by atoms with E-state index in [2.05, 4.69) is 50.8 Å². The molecule has 3 aromatic rings. The number of carbonyl (C=O) groups is 1. The second kappa shape index (κ2) is 4.80. The zero-order chi connectivity index (χ0) is 16.4. The minimum Gasteiger partial charge on any atom is -0.311 e.